The van der Waals surface area contributed by atoms with Gasteiger partial charge in [0.2, 0.25) is 0 Å². The normalized spacial score (nSPS) is 41.5. The van der Waals surface area contributed by atoms with E-state index in [0.29, 0.717) is 23.1 Å². The van der Waals surface area contributed by atoms with Crippen LogP contribution in [0.15, 0.2) is 34.9 Å². The first-order chi connectivity index (χ1) is 19.0. The predicted octanol–water partition coefficient (Wildman–Crippen LogP) is 4.02. The zero-order valence-corrected chi connectivity index (χ0v) is 25.8. The smallest absolute Gasteiger partial charge is 0.333 e. The molecule has 0 aromatic heterocycles. The van der Waals surface area contributed by atoms with E-state index in [0.717, 1.165) is 0 Å². The largest absolute Gasteiger partial charge is 0.461 e. The van der Waals surface area contributed by atoms with E-state index in [4.69, 9.17) is 18.9 Å². The highest BCUT2D eigenvalue weighted by Crippen LogP contribution is 2.68. The zero-order valence-electron chi connectivity index (χ0n) is 25.8. The Morgan fingerprint density at radius 1 is 0.951 bits per heavy atom. The fourth-order valence-electron chi connectivity index (χ4n) is 7.36. The summed E-state index contributed by atoms with van der Waals surface area (Å²) in [6.45, 7) is 17.3. The third-order valence-electron chi connectivity index (χ3n) is 10.00. The number of ether oxygens (including phenoxy) is 4. The minimum atomic E-state index is -1.31. The van der Waals surface area contributed by atoms with Crippen molar-refractivity contribution in [1.29, 1.82) is 0 Å². The number of ketones is 1. The van der Waals surface area contributed by atoms with Gasteiger partial charge in [-0.15, -0.1) is 0 Å². The SMILES string of the molecule is CC=C(C)C(=O)OC1C(O)C(C)=CC23OC2(CC(C)C3OC(=O)C(C)=CC)C(=O)C(C)C(OC(C)=O)C2C1C2(C)C. The van der Waals surface area contributed by atoms with Crippen molar-refractivity contribution in [3.63, 3.8) is 0 Å². The molecular weight excluding hydrogens is 528 g/mol. The highest BCUT2D eigenvalue weighted by Gasteiger charge is 2.84. The van der Waals surface area contributed by atoms with Crippen molar-refractivity contribution in [3.8, 4) is 0 Å². The second-order valence-electron chi connectivity index (χ2n) is 13.0. The Labute approximate surface area is 242 Å². The summed E-state index contributed by atoms with van der Waals surface area (Å²) >= 11 is 0. The molecule has 0 spiro atoms. The van der Waals surface area contributed by atoms with E-state index in [9.17, 15) is 24.3 Å². The fourth-order valence-corrected chi connectivity index (χ4v) is 7.36. The first-order valence-corrected chi connectivity index (χ1v) is 14.5. The summed E-state index contributed by atoms with van der Waals surface area (Å²) in [7, 11) is 0. The van der Waals surface area contributed by atoms with Gasteiger partial charge in [0.25, 0.3) is 0 Å². The van der Waals surface area contributed by atoms with Gasteiger partial charge in [-0.2, -0.15) is 0 Å². The number of carbonyl (C=O) groups excluding carboxylic acids is 4. The van der Waals surface area contributed by atoms with Gasteiger partial charge in [-0.05, 0) is 64.0 Å². The molecule has 9 heteroatoms. The second kappa shape index (κ2) is 10.5. The van der Waals surface area contributed by atoms with E-state index in [1.165, 1.54) is 6.92 Å². The molecule has 0 radical (unpaired) electrons. The third kappa shape index (κ3) is 4.79. The number of hydrogen-bond donors (Lipinski definition) is 1. The number of carbonyl (C=O) groups is 4. The molecule has 1 N–H and O–H groups in total. The van der Waals surface area contributed by atoms with Crippen LogP contribution in [0.5, 0.6) is 0 Å². The lowest BCUT2D eigenvalue weighted by atomic mass is 9.80. The molecule has 10 unspecified atom stereocenters. The predicted molar refractivity (Wildman–Crippen MR) is 149 cm³/mol. The van der Waals surface area contributed by atoms with Crippen molar-refractivity contribution in [2.24, 2.45) is 29.1 Å². The molecule has 2 saturated carbocycles. The molecule has 1 aliphatic heterocycles. The summed E-state index contributed by atoms with van der Waals surface area (Å²) in [5.74, 6) is -3.63. The van der Waals surface area contributed by atoms with E-state index < -0.39 is 70.8 Å². The van der Waals surface area contributed by atoms with Gasteiger partial charge in [-0.3, -0.25) is 9.59 Å². The minimum absolute atomic E-state index is 0.235. The molecule has 1 saturated heterocycles. The highest BCUT2D eigenvalue weighted by molar-refractivity contribution is 5.96. The van der Waals surface area contributed by atoms with Gasteiger partial charge >= 0.3 is 17.9 Å². The molecule has 4 aliphatic rings. The number of Topliss-reactive ketones (excluding diaryl/α,β-unsaturated/α-hetero) is 1. The molecule has 3 aliphatic carbocycles. The Hall–Kier alpha value is -2.78. The molecule has 10 atom stereocenters. The van der Waals surface area contributed by atoms with E-state index in [2.05, 4.69) is 0 Å². The van der Waals surface area contributed by atoms with E-state index in [1.54, 1.807) is 59.8 Å². The molecular formula is C32H44O9. The molecule has 0 aromatic carbocycles. The number of hydrogen-bond acceptors (Lipinski definition) is 9. The standard InChI is InChI=1S/C32H44O9/c1-11-15(3)28(36)39-25-22-21(30(22,9)10)24(38-20(8)33)19(7)26(35)31-14-18(6)27(40-29(37)16(4)12-2)32(31,41-31)13-17(5)23(25)34/h11-13,18-19,21-25,27,34H,14H2,1-10H3. The van der Waals surface area contributed by atoms with Gasteiger partial charge in [0, 0.05) is 29.9 Å². The molecule has 3 fully saturated rings. The Morgan fingerprint density at radius 3 is 2.02 bits per heavy atom. The lowest BCUT2D eigenvalue weighted by Crippen LogP contribution is -2.43. The van der Waals surface area contributed by atoms with Gasteiger partial charge in [0.1, 0.15) is 24.4 Å². The van der Waals surface area contributed by atoms with Crippen LogP contribution in [0, 0.1) is 29.1 Å². The van der Waals surface area contributed by atoms with Crippen molar-refractivity contribution >= 4 is 23.7 Å². The molecule has 0 amide bonds. The van der Waals surface area contributed by atoms with Crippen molar-refractivity contribution in [3.05, 3.63) is 34.9 Å². The average molecular weight is 573 g/mol. The van der Waals surface area contributed by atoms with Crippen LogP contribution in [0.1, 0.15) is 75.7 Å². The number of esters is 3. The Kier molecular flexibility index (Phi) is 7.97. The molecule has 1 heterocycles. The summed E-state index contributed by atoms with van der Waals surface area (Å²) in [5, 5.41) is 11.8. The van der Waals surface area contributed by atoms with Crippen LogP contribution in [0.3, 0.4) is 0 Å². The summed E-state index contributed by atoms with van der Waals surface area (Å²) in [6, 6.07) is 0. The van der Waals surface area contributed by atoms with Gasteiger partial charge in [0.15, 0.2) is 17.0 Å². The van der Waals surface area contributed by atoms with Crippen molar-refractivity contribution in [2.45, 2.75) is 111 Å². The first-order valence-electron chi connectivity index (χ1n) is 14.5. The Morgan fingerprint density at radius 2 is 1.49 bits per heavy atom. The van der Waals surface area contributed by atoms with Crippen molar-refractivity contribution in [1.82, 2.24) is 0 Å². The van der Waals surface area contributed by atoms with E-state index in [1.807, 2.05) is 20.8 Å². The molecule has 0 bridgehead atoms. The number of rotatable bonds is 5. The molecule has 4 rings (SSSR count). The quantitative estimate of drug-likeness (QED) is 0.171. The lowest BCUT2D eigenvalue weighted by Gasteiger charge is -2.28. The third-order valence-corrected chi connectivity index (χ3v) is 10.00. The van der Waals surface area contributed by atoms with Crippen LogP contribution in [-0.2, 0) is 38.1 Å². The van der Waals surface area contributed by atoms with Crippen molar-refractivity contribution in [2.75, 3.05) is 0 Å². The van der Waals surface area contributed by atoms with Gasteiger partial charge in [-0.1, -0.05) is 39.8 Å². The Bertz CT molecular complexity index is 1240. The van der Waals surface area contributed by atoms with Gasteiger partial charge in [-0.25, -0.2) is 9.59 Å². The number of aliphatic hydroxyl groups excluding tert-OH is 1. The minimum Gasteiger partial charge on any atom is -0.461 e. The topological polar surface area (TPSA) is 129 Å². The summed E-state index contributed by atoms with van der Waals surface area (Å²) in [5.41, 5.74) is -1.89. The molecule has 41 heavy (non-hydrogen) atoms. The number of epoxide rings is 1. The lowest BCUT2D eigenvalue weighted by molar-refractivity contribution is -0.157. The molecule has 226 valence electrons. The van der Waals surface area contributed by atoms with Crippen LogP contribution < -0.4 is 0 Å². The number of allylic oxidation sites excluding steroid dienone is 2. The van der Waals surface area contributed by atoms with Gasteiger partial charge in [0.05, 0.1) is 5.92 Å². The maximum atomic E-state index is 14.4. The number of fused-ring (bicyclic) bond motifs is 1. The summed E-state index contributed by atoms with van der Waals surface area (Å²) in [6.07, 6.45) is 1.40. The van der Waals surface area contributed by atoms with Crippen LogP contribution in [-0.4, -0.2) is 64.4 Å². The zero-order chi connectivity index (χ0) is 30.8. The monoisotopic (exact) mass is 572 g/mol. The highest BCUT2D eigenvalue weighted by atomic mass is 16.7. The maximum Gasteiger partial charge on any atom is 0.333 e. The van der Waals surface area contributed by atoms with Gasteiger partial charge < -0.3 is 24.1 Å². The summed E-state index contributed by atoms with van der Waals surface area (Å²) < 4.78 is 24.1. The fraction of sp³-hybridized carbons (Fsp3) is 0.688. The molecule has 0 aromatic rings. The van der Waals surface area contributed by atoms with E-state index in [-0.39, 0.29) is 17.6 Å². The Balaban J connectivity index is 1.87. The van der Waals surface area contributed by atoms with Crippen LogP contribution in [0.25, 0.3) is 0 Å². The van der Waals surface area contributed by atoms with E-state index >= 15 is 0 Å². The maximum absolute atomic E-state index is 14.4. The first kappa shape index (κ1) is 31.2. The second-order valence-corrected chi connectivity index (χ2v) is 13.0. The van der Waals surface area contributed by atoms with Crippen molar-refractivity contribution < 1.29 is 43.2 Å². The molecule has 9 nitrogen and oxygen atoms in total. The van der Waals surface area contributed by atoms with Crippen LogP contribution >= 0.6 is 0 Å². The number of aliphatic hydroxyl groups is 1. The average Bonchev–Trinajstić information content (AvgIpc) is 3.70. The van der Waals surface area contributed by atoms with Crippen LogP contribution in [0.4, 0.5) is 0 Å². The van der Waals surface area contributed by atoms with Crippen LogP contribution in [0.2, 0.25) is 0 Å². The summed E-state index contributed by atoms with van der Waals surface area (Å²) in [4.78, 5) is 52.5.